The normalized spacial score (nSPS) is 12.2. The van der Waals surface area contributed by atoms with Gasteiger partial charge in [-0.2, -0.15) is 0 Å². The molecule has 0 unspecified atom stereocenters. The van der Waals surface area contributed by atoms with Crippen molar-refractivity contribution in [2.24, 2.45) is 0 Å². The number of ether oxygens (including phenoxy) is 5. The van der Waals surface area contributed by atoms with Crippen molar-refractivity contribution in [1.29, 1.82) is 0 Å². The SMILES string of the molecule is O=C(OCc1ccccc1)C1=C(C(=O)OCc2ccccc2)C(C(=O)OCc2ccccc2)=C(C(=O)OCc2ccccc2)C1=C([O-])OCc1ccccc1. The minimum atomic E-state index is -1.19. The fourth-order valence-electron chi connectivity index (χ4n) is 5.62. The predicted octanol–water partition coefficient (Wildman–Crippen LogP) is 6.36. The van der Waals surface area contributed by atoms with Crippen LogP contribution in [0.3, 0.4) is 0 Å². The highest BCUT2D eigenvalue weighted by molar-refractivity contribution is 6.23. The average molecular weight is 736 g/mol. The zero-order chi connectivity index (χ0) is 38.4. The van der Waals surface area contributed by atoms with Crippen molar-refractivity contribution in [2.75, 3.05) is 0 Å². The molecule has 0 bridgehead atoms. The van der Waals surface area contributed by atoms with Gasteiger partial charge in [-0.05, 0) is 27.8 Å². The highest BCUT2D eigenvalue weighted by atomic mass is 16.6. The number of carbonyl (C=O) groups is 4. The summed E-state index contributed by atoms with van der Waals surface area (Å²) in [6.07, 6.45) is 0. The molecule has 0 N–H and O–H groups in total. The second-order valence-corrected chi connectivity index (χ2v) is 12.2. The van der Waals surface area contributed by atoms with E-state index in [2.05, 4.69) is 0 Å². The van der Waals surface area contributed by atoms with Crippen molar-refractivity contribution in [3.8, 4) is 0 Å². The summed E-state index contributed by atoms with van der Waals surface area (Å²) in [4.78, 5) is 57.0. The maximum Gasteiger partial charge on any atom is 0.340 e. The van der Waals surface area contributed by atoms with E-state index in [1.54, 1.807) is 152 Å². The van der Waals surface area contributed by atoms with Gasteiger partial charge >= 0.3 is 23.9 Å². The van der Waals surface area contributed by atoms with Crippen molar-refractivity contribution in [3.63, 3.8) is 0 Å². The molecule has 0 aromatic heterocycles. The first-order chi connectivity index (χ1) is 26.9. The molecule has 0 radical (unpaired) electrons. The van der Waals surface area contributed by atoms with Gasteiger partial charge in [0.2, 0.25) is 0 Å². The maximum absolute atomic E-state index is 14.2. The molecule has 0 fully saturated rings. The summed E-state index contributed by atoms with van der Waals surface area (Å²) in [6, 6.07) is 43.4. The molecule has 276 valence electrons. The first-order valence-electron chi connectivity index (χ1n) is 17.3. The van der Waals surface area contributed by atoms with Gasteiger partial charge in [-0.3, -0.25) is 0 Å². The van der Waals surface area contributed by atoms with Crippen molar-refractivity contribution >= 4 is 23.9 Å². The van der Waals surface area contributed by atoms with Crippen molar-refractivity contribution in [1.82, 2.24) is 0 Å². The number of benzene rings is 5. The fraction of sp³-hybridized carbons (Fsp3) is 0.111. The molecule has 0 saturated carbocycles. The van der Waals surface area contributed by atoms with Crippen LogP contribution >= 0.6 is 0 Å². The maximum atomic E-state index is 14.2. The summed E-state index contributed by atoms with van der Waals surface area (Å²) in [6.45, 7) is -1.37. The largest absolute Gasteiger partial charge is 0.608 e. The van der Waals surface area contributed by atoms with Gasteiger partial charge in [-0.15, -0.1) is 0 Å². The van der Waals surface area contributed by atoms with E-state index in [4.69, 9.17) is 23.7 Å². The minimum Gasteiger partial charge on any atom is -0.608 e. The second kappa shape index (κ2) is 18.5. The molecule has 0 amide bonds. The lowest BCUT2D eigenvalue weighted by Crippen LogP contribution is -2.21. The monoisotopic (exact) mass is 735 g/mol. The third kappa shape index (κ3) is 9.82. The lowest BCUT2D eigenvalue weighted by Gasteiger charge is -2.21. The first-order valence-corrected chi connectivity index (χ1v) is 17.3. The molecule has 0 spiro atoms. The van der Waals surface area contributed by atoms with Gasteiger partial charge in [0, 0.05) is 12.2 Å². The van der Waals surface area contributed by atoms with E-state index in [1.807, 2.05) is 0 Å². The van der Waals surface area contributed by atoms with E-state index in [9.17, 15) is 24.3 Å². The molecule has 1 aliphatic carbocycles. The quantitative estimate of drug-likeness (QED) is 0.0679. The highest BCUT2D eigenvalue weighted by Gasteiger charge is 2.46. The van der Waals surface area contributed by atoms with Crippen LogP contribution in [0.15, 0.2) is 185 Å². The second-order valence-electron chi connectivity index (χ2n) is 12.2. The summed E-state index contributed by atoms with van der Waals surface area (Å²) in [5.74, 6) is -5.97. The standard InChI is InChI=1S/C45H36O10/c46-41(51-26-31-16-6-1-7-17-31)36-37(42(47)52-27-32-18-8-2-9-19-32)39(44(49)54-29-34-22-12-4-13-23-34)40(45(50)55-30-35-24-14-5-15-25-35)38(36)43(48)53-28-33-20-10-3-11-21-33/h1-25,46H,26-30H2/p-1. The van der Waals surface area contributed by atoms with Gasteiger partial charge in [-0.1, -0.05) is 152 Å². The molecule has 10 nitrogen and oxygen atoms in total. The van der Waals surface area contributed by atoms with Crippen LogP contribution in [0.4, 0.5) is 0 Å². The Morgan fingerprint density at radius 3 is 0.800 bits per heavy atom. The van der Waals surface area contributed by atoms with Gasteiger partial charge in [0.1, 0.15) is 26.4 Å². The molecule has 5 aromatic carbocycles. The smallest absolute Gasteiger partial charge is 0.340 e. The first kappa shape index (κ1) is 37.6. The molecule has 0 saturated heterocycles. The lowest BCUT2D eigenvalue weighted by molar-refractivity contribution is -0.360. The van der Waals surface area contributed by atoms with E-state index >= 15 is 0 Å². The summed E-state index contributed by atoms with van der Waals surface area (Å²) in [5, 5.41) is 14.2. The Morgan fingerprint density at radius 2 is 0.545 bits per heavy atom. The molecule has 10 heteroatoms. The number of rotatable bonds is 15. The van der Waals surface area contributed by atoms with Crippen LogP contribution in [0.5, 0.6) is 0 Å². The molecule has 55 heavy (non-hydrogen) atoms. The van der Waals surface area contributed by atoms with Gasteiger partial charge < -0.3 is 28.8 Å². The highest BCUT2D eigenvalue weighted by Crippen LogP contribution is 2.42. The Balaban J connectivity index is 1.49. The number of hydrogen-bond acceptors (Lipinski definition) is 10. The zero-order valence-corrected chi connectivity index (χ0v) is 29.6. The average Bonchev–Trinajstić information content (AvgIpc) is 3.61. The number of hydrogen-bond donors (Lipinski definition) is 0. The molecule has 0 aliphatic heterocycles. The summed E-state index contributed by atoms with van der Waals surface area (Å²) in [5.41, 5.74) is -0.559. The number of carbonyl (C=O) groups excluding carboxylic acids is 4. The van der Waals surface area contributed by atoms with Gasteiger partial charge in [-0.25, -0.2) is 19.2 Å². The van der Waals surface area contributed by atoms with Crippen LogP contribution in [0.2, 0.25) is 0 Å². The van der Waals surface area contributed by atoms with Gasteiger partial charge in [0.05, 0.1) is 28.2 Å². The van der Waals surface area contributed by atoms with Crippen molar-refractivity contribution in [3.05, 3.63) is 213 Å². The van der Waals surface area contributed by atoms with Crippen LogP contribution in [0.1, 0.15) is 27.8 Å². The summed E-state index contributed by atoms with van der Waals surface area (Å²) >= 11 is 0. The minimum absolute atomic E-state index is 0.274. The topological polar surface area (TPSA) is 137 Å². The third-order valence-electron chi connectivity index (χ3n) is 8.33. The summed E-state index contributed by atoms with van der Waals surface area (Å²) < 4.78 is 28.2. The van der Waals surface area contributed by atoms with Gasteiger partial charge in [0.15, 0.2) is 0 Å². The molecule has 6 rings (SSSR count). The molecule has 0 heterocycles. The molecule has 0 atom stereocenters. The molecule has 5 aromatic rings. The van der Waals surface area contributed by atoms with Crippen LogP contribution in [0.25, 0.3) is 0 Å². The van der Waals surface area contributed by atoms with Crippen LogP contribution in [0, 0.1) is 0 Å². The van der Waals surface area contributed by atoms with Crippen LogP contribution < -0.4 is 5.11 Å². The Hall–Kier alpha value is -7.20. The Labute approximate surface area is 317 Å². The Morgan fingerprint density at radius 1 is 0.327 bits per heavy atom. The molecular weight excluding hydrogens is 700 g/mol. The lowest BCUT2D eigenvalue weighted by atomic mass is 10.0. The van der Waals surface area contributed by atoms with E-state index in [1.165, 1.54) is 0 Å². The predicted molar refractivity (Wildman–Crippen MR) is 197 cm³/mol. The van der Waals surface area contributed by atoms with Crippen LogP contribution in [-0.4, -0.2) is 23.9 Å². The Kier molecular flexibility index (Phi) is 12.6. The van der Waals surface area contributed by atoms with E-state index < -0.39 is 57.7 Å². The van der Waals surface area contributed by atoms with Gasteiger partial charge in [0.25, 0.3) is 0 Å². The fourth-order valence-corrected chi connectivity index (χ4v) is 5.62. The third-order valence-corrected chi connectivity index (χ3v) is 8.33. The van der Waals surface area contributed by atoms with E-state index in [-0.39, 0.29) is 33.0 Å². The van der Waals surface area contributed by atoms with E-state index in [0.717, 1.165) is 0 Å². The zero-order valence-electron chi connectivity index (χ0n) is 29.6. The van der Waals surface area contributed by atoms with Crippen molar-refractivity contribution in [2.45, 2.75) is 33.0 Å². The van der Waals surface area contributed by atoms with E-state index in [0.29, 0.717) is 27.8 Å². The van der Waals surface area contributed by atoms with Crippen LogP contribution in [-0.2, 0) is 75.9 Å². The number of esters is 4. The Bertz CT molecular complexity index is 2080. The molecule has 1 aliphatic rings. The molecular formula is C45H35O10-. The summed E-state index contributed by atoms with van der Waals surface area (Å²) in [7, 11) is 0. The van der Waals surface area contributed by atoms with Crippen molar-refractivity contribution < 1.29 is 48.0 Å².